The van der Waals surface area contributed by atoms with E-state index in [0.717, 1.165) is 11.0 Å². The van der Waals surface area contributed by atoms with Crippen molar-refractivity contribution in [3.05, 3.63) is 0 Å². The molecule has 7 heavy (non-hydrogen) atoms. The zero-order valence-corrected chi connectivity index (χ0v) is 6.47. The van der Waals surface area contributed by atoms with E-state index in [-0.39, 0.29) is 0 Å². The summed E-state index contributed by atoms with van der Waals surface area (Å²) in [4.78, 5) is 3.73. The Morgan fingerprint density at radius 2 is 2.57 bits per heavy atom. The molecular weight excluding hydrogens is 203 g/mol. The monoisotopic (exact) mass is 212 g/mol. The number of alkyl halides is 1. The van der Waals surface area contributed by atoms with Gasteiger partial charge in [-0.05, 0) is 0 Å². The molecule has 0 atom stereocenters. The largest absolute Gasteiger partial charge is 0.376 e. The quantitative estimate of drug-likeness (QED) is 0.240. The number of nitrogens with zero attached hydrogens (tertiary/aromatic N) is 1. The van der Waals surface area contributed by atoms with Crippen molar-refractivity contribution < 1.29 is 0 Å². The molecule has 0 fully saturated rings. The van der Waals surface area contributed by atoms with Crippen molar-refractivity contribution in [2.75, 3.05) is 18.0 Å². The molecule has 0 aliphatic heterocycles. The van der Waals surface area contributed by atoms with E-state index in [1.165, 1.54) is 0 Å². The number of halogens is 1. The molecule has 1 N–H and O–H groups in total. The van der Waals surface area contributed by atoms with E-state index in [1.807, 2.05) is 0 Å². The molecule has 42 valence electrons. The summed E-state index contributed by atoms with van der Waals surface area (Å²) in [6.07, 6.45) is 1.71. The molecule has 0 aliphatic carbocycles. The maximum atomic E-state index is 3.73. The minimum atomic E-state index is 1.01. The Morgan fingerprint density at radius 1 is 1.86 bits per heavy atom. The molecule has 0 amide bonds. The number of hydrogen-bond donors (Lipinski definition) is 1. The summed E-state index contributed by atoms with van der Waals surface area (Å²) in [6, 6.07) is 0. The first-order chi connectivity index (χ1) is 3.41. The highest BCUT2D eigenvalue weighted by Gasteiger charge is 1.70. The molecule has 0 aliphatic rings. The fraction of sp³-hybridized carbons (Fsp3) is 0.750. The van der Waals surface area contributed by atoms with Gasteiger partial charge in [0.1, 0.15) is 0 Å². The van der Waals surface area contributed by atoms with Gasteiger partial charge in [0.15, 0.2) is 0 Å². The zero-order valence-electron chi connectivity index (χ0n) is 4.32. The molecule has 0 radical (unpaired) electrons. The SMILES string of the molecule is CN=CNCCI. The Morgan fingerprint density at radius 3 is 3.00 bits per heavy atom. The van der Waals surface area contributed by atoms with E-state index in [1.54, 1.807) is 13.4 Å². The molecular formula is C4H9IN2. The van der Waals surface area contributed by atoms with Crippen LogP contribution in [-0.2, 0) is 0 Å². The Balaban J connectivity index is 2.69. The van der Waals surface area contributed by atoms with E-state index < -0.39 is 0 Å². The molecule has 0 aromatic carbocycles. The van der Waals surface area contributed by atoms with E-state index in [0.29, 0.717) is 0 Å². The molecule has 0 saturated heterocycles. The van der Waals surface area contributed by atoms with Crippen molar-refractivity contribution >= 4 is 28.9 Å². The minimum absolute atomic E-state index is 1.01. The normalized spacial score (nSPS) is 10.0. The van der Waals surface area contributed by atoms with E-state index >= 15 is 0 Å². The van der Waals surface area contributed by atoms with E-state index in [2.05, 4.69) is 32.9 Å². The maximum Gasteiger partial charge on any atom is 0.0820 e. The van der Waals surface area contributed by atoms with Gasteiger partial charge in [0, 0.05) is 18.0 Å². The molecule has 0 aromatic rings. The van der Waals surface area contributed by atoms with Gasteiger partial charge >= 0.3 is 0 Å². The molecule has 0 heterocycles. The highest BCUT2D eigenvalue weighted by molar-refractivity contribution is 14.1. The lowest BCUT2D eigenvalue weighted by atomic mass is 10.8. The minimum Gasteiger partial charge on any atom is -0.376 e. The lowest BCUT2D eigenvalue weighted by molar-refractivity contribution is 1.01. The van der Waals surface area contributed by atoms with Gasteiger partial charge in [0.05, 0.1) is 6.34 Å². The Labute approximate surface area is 57.5 Å². The molecule has 0 spiro atoms. The van der Waals surface area contributed by atoms with Crippen LogP contribution in [0.25, 0.3) is 0 Å². The lowest BCUT2D eigenvalue weighted by Gasteiger charge is -1.89. The van der Waals surface area contributed by atoms with Crippen LogP contribution in [0, 0.1) is 0 Å². The highest BCUT2D eigenvalue weighted by atomic mass is 127. The summed E-state index contributed by atoms with van der Waals surface area (Å²) in [5, 5.41) is 2.99. The molecule has 0 saturated carbocycles. The Bertz CT molecular complexity index is 53.7. The van der Waals surface area contributed by atoms with Crippen LogP contribution in [-0.4, -0.2) is 24.4 Å². The summed E-state index contributed by atoms with van der Waals surface area (Å²) < 4.78 is 1.13. The second kappa shape index (κ2) is 6.20. The molecule has 3 heteroatoms. The van der Waals surface area contributed by atoms with Crippen LogP contribution < -0.4 is 5.32 Å². The third-order valence-electron chi connectivity index (χ3n) is 0.459. The predicted molar refractivity (Wildman–Crippen MR) is 41.3 cm³/mol. The lowest BCUT2D eigenvalue weighted by Crippen LogP contribution is -2.12. The van der Waals surface area contributed by atoms with Crippen LogP contribution in [0.1, 0.15) is 0 Å². The fourth-order valence-corrected chi connectivity index (χ4v) is 0.522. The number of nitrogens with one attached hydrogen (secondary N) is 1. The van der Waals surface area contributed by atoms with Crippen LogP contribution in [0.2, 0.25) is 0 Å². The summed E-state index contributed by atoms with van der Waals surface area (Å²) >= 11 is 2.30. The summed E-state index contributed by atoms with van der Waals surface area (Å²) in [7, 11) is 1.75. The Kier molecular flexibility index (Phi) is 6.38. The topological polar surface area (TPSA) is 24.4 Å². The fourth-order valence-electron chi connectivity index (χ4n) is 0.210. The second-order valence-corrected chi connectivity index (χ2v) is 2.11. The number of aliphatic imine (C=N–C) groups is 1. The number of rotatable bonds is 3. The number of hydrogen-bond acceptors (Lipinski definition) is 1. The smallest absolute Gasteiger partial charge is 0.0820 e. The summed E-state index contributed by atoms with van der Waals surface area (Å²) in [5.74, 6) is 0. The standard InChI is InChI=1S/C4H9IN2/c1-6-4-7-3-2-5/h4H,2-3H2,1H3,(H,6,7). The molecule has 0 unspecified atom stereocenters. The van der Waals surface area contributed by atoms with Gasteiger partial charge in [0.2, 0.25) is 0 Å². The summed E-state index contributed by atoms with van der Waals surface area (Å²) in [6.45, 7) is 1.01. The van der Waals surface area contributed by atoms with E-state index in [4.69, 9.17) is 0 Å². The van der Waals surface area contributed by atoms with Crippen LogP contribution in [0.15, 0.2) is 4.99 Å². The third-order valence-corrected chi connectivity index (χ3v) is 0.999. The van der Waals surface area contributed by atoms with Crippen LogP contribution in [0.4, 0.5) is 0 Å². The predicted octanol–water partition coefficient (Wildman–Crippen LogP) is 0.669. The van der Waals surface area contributed by atoms with Crippen LogP contribution in [0.3, 0.4) is 0 Å². The average Bonchev–Trinajstić information content (AvgIpc) is 1.69. The van der Waals surface area contributed by atoms with E-state index in [9.17, 15) is 0 Å². The van der Waals surface area contributed by atoms with Crippen LogP contribution >= 0.6 is 22.6 Å². The van der Waals surface area contributed by atoms with Gasteiger partial charge in [-0.1, -0.05) is 22.6 Å². The molecule has 0 bridgehead atoms. The van der Waals surface area contributed by atoms with Crippen molar-refractivity contribution in [1.29, 1.82) is 0 Å². The van der Waals surface area contributed by atoms with Crippen LogP contribution in [0.5, 0.6) is 0 Å². The first-order valence-electron chi connectivity index (χ1n) is 2.11. The van der Waals surface area contributed by atoms with Gasteiger partial charge in [-0.25, -0.2) is 0 Å². The molecule has 0 rings (SSSR count). The summed E-state index contributed by atoms with van der Waals surface area (Å²) in [5.41, 5.74) is 0. The Hall–Kier alpha value is 0.200. The van der Waals surface area contributed by atoms with Gasteiger partial charge < -0.3 is 5.32 Å². The van der Waals surface area contributed by atoms with Crippen molar-refractivity contribution in [3.63, 3.8) is 0 Å². The molecule has 0 aromatic heterocycles. The van der Waals surface area contributed by atoms with Gasteiger partial charge in [-0.15, -0.1) is 0 Å². The second-order valence-electron chi connectivity index (χ2n) is 1.03. The molecule has 2 nitrogen and oxygen atoms in total. The van der Waals surface area contributed by atoms with Crippen molar-refractivity contribution in [3.8, 4) is 0 Å². The highest BCUT2D eigenvalue weighted by Crippen LogP contribution is 1.73. The van der Waals surface area contributed by atoms with Gasteiger partial charge in [0.25, 0.3) is 0 Å². The van der Waals surface area contributed by atoms with Gasteiger partial charge in [-0.3, -0.25) is 4.99 Å². The average molecular weight is 212 g/mol. The van der Waals surface area contributed by atoms with Crippen molar-refractivity contribution in [1.82, 2.24) is 5.32 Å². The van der Waals surface area contributed by atoms with Gasteiger partial charge in [-0.2, -0.15) is 0 Å². The first kappa shape index (κ1) is 7.20. The first-order valence-corrected chi connectivity index (χ1v) is 3.64. The van der Waals surface area contributed by atoms with Crippen molar-refractivity contribution in [2.24, 2.45) is 4.99 Å². The third kappa shape index (κ3) is 6.20. The zero-order chi connectivity index (χ0) is 5.54. The maximum absolute atomic E-state index is 3.73. The van der Waals surface area contributed by atoms with Crippen molar-refractivity contribution in [2.45, 2.75) is 0 Å².